The van der Waals surface area contributed by atoms with Crippen LogP contribution in [0.5, 0.6) is 5.75 Å². The van der Waals surface area contributed by atoms with E-state index in [-0.39, 0.29) is 6.10 Å². The fourth-order valence-electron chi connectivity index (χ4n) is 0.918. The second-order valence-corrected chi connectivity index (χ2v) is 3.22. The third kappa shape index (κ3) is 3.23. The maximum Gasteiger partial charge on any atom is 0.123 e. The Labute approximate surface area is 83.9 Å². The summed E-state index contributed by atoms with van der Waals surface area (Å²) >= 11 is 5.65. The quantitative estimate of drug-likeness (QED) is 0.696. The summed E-state index contributed by atoms with van der Waals surface area (Å²) in [6.07, 6.45) is 2.96. The molecule has 0 aliphatic carbocycles. The molecule has 0 aliphatic rings. The smallest absolute Gasteiger partial charge is 0.123 e. The Morgan fingerprint density at radius 2 is 2.38 bits per heavy atom. The van der Waals surface area contributed by atoms with Gasteiger partial charge in [-0.3, -0.25) is 4.98 Å². The normalized spacial score (nSPS) is 12.5. The summed E-state index contributed by atoms with van der Waals surface area (Å²) in [6, 6.07) is 3.72. The Hall–Kier alpha value is -0.760. The molecule has 0 fully saturated rings. The van der Waals surface area contributed by atoms with Gasteiger partial charge in [0.05, 0.1) is 17.7 Å². The Morgan fingerprint density at radius 1 is 1.62 bits per heavy atom. The summed E-state index contributed by atoms with van der Waals surface area (Å²) < 4.78 is 5.61. The molecule has 1 aromatic rings. The van der Waals surface area contributed by atoms with Gasteiger partial charge >= 0.3 is 0 Å². The third-order valence-corrected chi connectivity index (χ3v) is 2.11. The molecule has 0 N–H and O–H groups in total. The summed E-state index contributed by atoms with van der Waals surface area (Å²) in [5.74, 6) is 1.28. The number of alkyl halides is 1. The van der Waals surface area contributed by atoms with Crippen molar-refractivity contribution in [2.45, 2.75) is 32.3 Å². The molecule has 0 spiro atoms. The molecule has 1 atom stereocenters. The van der Waals surface area contributed by atoms with E-state index in [9.17, 15) is 0 Å². The van der Waals surface area contributed by atoms with Crippen LogP contribution in [0.1, 0.15) is 26.0 Å². The van der Waals surface area contributed by atoms with E-state index in [1.807, 2.05) is 19.1 Å². The zero-order valence-corrected chi connectivity index (χ0v) is 8.71. The van der Waals surface area contributed by atoms with Crippen molar-refractivity contribution in [1.82, 2.24) is 4.98 Å². The lowest BCUT2D eigenvalue weighted by Crippen LogP contribution is -2.09. The van der Waals surface area contributed by atoms with E-state index >= 15 is 0 Å². The van der Waals surface area contributed by atoms with Crippen molar-refractivity contribution in [3.05, 3.63) is 24.0 Å². The second kappa shape index (κ2) is 5.07. The number of rotatable bonds is 4. The van der Waals surface area contributed by atoms with E-state index in [2.05, 4.69) is 11.9 Å². The monoisotopic (exact) mass is 199 g/mol. The predicted octanol–water partition coefficient (Wildman–Crippen LogP) is 3.00. The lowest BCUT2D eigenvalue weighted by molar-refractivity contribution is 0.217. The molecule has 0 aromatic carbocycles. The lowest BCUT2D eigenvalue weighted by Gasteiger charge is -2.12. The van der Waals surface area contributed by atoms with Gasteiger partial charge in [0.25, 0.3) is 0 Å². The maximum atomic E-state index is 5.65. The van der Waals surface area contributed by atoms with Gasteiger partial charge in [-0.15, -0.1) is 11.6 Å². The number of halogens is 1. The van der Waals surface area contributed by atoms with Crippen molar-refractivity contribution < 1.29 is 4.74 Å². The molecule has 0 aliphatic heterocycles. The fourth-order valence-corrected chi connectivity index (χ4v) is 1.06. The van der Waals surface area contributed by atoms with E-state index in [4.69, 9.17) is 16.3 Å². The highest BCUT2D eigenvalue weighted by atomic mass is 35.5. The predicted molar refractivity (Wildman–Crippen MR) is 54.2 cm³/mol. The summed E-state index contributed by atoms with van der Waals surface area (Å²) in [6.45, 7) is 4.13. The summed E-state index contributed by atoms with van der Waals surface area (Å²) in [5, 5.41) is 0. The van der Waals surface area contributed by atoms with Crippen molar-refractivity contribution in [1.29, 1.82) is 0 Å². The van der Waals surface area contributed by atoms with Crippen molar-refractivity contribution in [3.8, 4) is 5.75 Å². The summed E-state index contributed by atoms with van der Waals surface area (Å²) in [4.78, 5) is 4.08. The van der Waals surface area contributed by atoms with E-state index in [0.717, 1.165) is 17.9 Å². The molecule has 72 valence electrons. The average Bonchev–Trinajstić information content (AvgIpc) is 2.18. The van der Waals surface area contributed by atoms with Crippen LogP contribution in [-0.2, 0) is 5.88 Å². The molecule has 0 amide bonds. The highest BCUT2D eigenvalue weighted by molar-refractivity contribution is 6.16. The number of hydrogen-bond acceptors (Lipinski definition) is 2. The van der Waals surface area contributed by atoms with Crippen LogP contribution in [0.15, 0.2) is 18.3 Å². The van der Waals surface area contributed by atoms with Gasteiger partial charge in [-0.1, -0.05) is 6.92 Å². The molecule has 1 aromatic heterocycles. The average molecular weight is 200 g/mol. The zero-order chi connectivity index (χ0) is 9.68. The molecule has 3 heteroatoms. The molecule has 0 radical (unpaired) electrons. The van der Waals surface area contributed by atoms with Gasteiger partial charge in [0, 0.05) is 12.3 Å². The van der Waals surface area contributed by atoms with Crippen LogP contribution in [0.3, 0.4) is 0 Å². The Bertz CT molecular complexity index is 265. The van der Waals surface area contributed by atoms with Crippen molar-refractivity contribution in [2.24, 2.45) is 0 Å². The molecular formula is C10H14ClNO. The Morgan fingerprint density at radius 3 is 3.00 bits per heavy atom. The highest BCUT2D eigenvalue weighted by Gasteiger charge is 2.01. The maximum absolute atomic E-state index is 5.65. The molecule has 2 nitrogen and oxygen atoms in total. The third-order valence-electron chi connectivity index (χ3n) is 1.84. The van der Waals surface area contributed by atoms with Crippen LogP contribution in [0.25, 0.3) is 0 Å². The minimum absolute atomic E-state index is 0.241. The Kier molecular flexibility index (Phi) is 4.03. The van der Waals surface area contributed by atoms with Crippen LogP contribution in [0.2, 0.25) is 0 Å². The summed E-state index contributed by atoms with van der Waals surface area (Å²) in [5.41, 5.74) is 0.850. The zero-order valence-electron chi connectivity index (χ0n) is 7.96. The van der Waals surface area contributed by atoms with Crippen molar-refractivity contribution >= 4 is 11.6 Å². The van der Waals surface area contributed by atoms with Crippen LogP contribution >= 0.6 is 11.6 Å². The van der Waals surface area contributed by atoms with Gasteiger partial charge in [0.1, 0.15) is 5.75 Å². The number of pyridine rings is 1. The van der Waals surface area contributed by atoms with Gasteiger partial charge < -0.3 is 4.74 Å². The number of nitrogens with zero attached hydrogens (tertiary/aromatic N) is 1. The van der Waals surface area contributed by atoms with Gasteiger partial charge in [0.15, 0.2) is 0 Å². The first-order valence-corrected chi connectivity index (χ1v) is 4.97. The highest BCUT2D eigenvalue weighted by Crippen LogP contribution is 2.14. The first-order valence-electron chi connectivity index (χ1n) is 4.43. The summed E-state index contributed by atoms with van der Waals surface area (Å²) in [7, 11) is 0. The largest absolute Gasteiger partial charge is 0.491 e. The Balaban J connectivity index is 2.66. The van der Waals surface area contributed by atoms with E-state index in [1.165, 1.54) is 0 Å². The van der Waals surface area contributed by atoms with E-state index in [1.54, 1.807) is 6.20 Å². The number of aromatic nitrogens is 1. The number of hydrogen-bond donors (Lipinski definition) is 0. The molecule has 1 unspecified atom stereocenters. The van der Waals surface area contributed by atoms with E-state index in [0.29, 0.717) is 5.88 Å². The van der Waals surface area contributed by atoms with Crippen LogP contribution in [0, 0.1) is 0 Å². The number of ether oxygens (including phenoxy) is 1. The van der Waals surface area contributed by atoms with Crippen LogP contribution in [-0.4, -0.2) is 11.1 Å². The first-order chi connectivity index (χ1) is 6.26. The second-order valence-electron chi connectivity index (χ2n) is 2.95. The standard InChI is InChI=1S/C10H14ClNO/c1-3-8(2)13-10-4-5-12-9(6-10)7-11/h4-6,8H,3,7H2,1-2H3. The SMILES string of the molecule is CCC(C)Oc1ccnc(CCl)c1. The lowest BCUT2D eigenvalue weighted by atomic mass is 10.3. The van der Waals surface area contributed by atoms with Gasteiger partial charge in [0.2, 0.25) is 0 Å². The molecular weight excluding hydrogens is 186 g/mol. The van der Waals surface area contributed by atoms with Gasteiger partial charge in [-0.05, 0) is 19.4 Å². The first kappa shape index (κ1) is 10.3. The van der Waals surface area contributed by atoms with Crippen molar-refractivity contribution in [3.63, 3.8) is 0 Å². The molecule has 0 saturated carbocycles. The molecule has 13 heavy (non-hydrogen) atoms. The molecule has 0 bridgehead atoms. The topological polar surface area (TPSA) is 22.1 Å². The van der Waals surface area contributed by atoms with E-state index < -0.39 is 0 Å². The van der Waals surface area contributed by atoms with Crippen LogP contribution in [0.4, 0.5) is 0 Å². The minimum atomic E-state index is 0.241. The molecule has 1 heterocycles. The van der Waals surface area contributed by atoms with Crippen LogP contribution < -0.4 is 4.74 Å². The molecule has 1 rings (SSSR count). The minimum Gasteiger partial charge on any atom is -0.491 e. The molecule has 0 saturated heterocycles. The van der Waals surface area contributed by atoms with Crippen molar-refractivity contribution in [2.75, 3.05) is 0 Å². The van der Waals surface area contributed by atoms with Gasteiger partial charge in [-0.25, -0.2) is 0 Å². The fraction of sp³-hybridized carbons (Fsp3) is 0.500. The van der Waals surface area contributed by atoms with Gasteiger partial charge in [-0.2, -0.15) is 0 Å².